The van der Waals surface area contributed by atoms with E-state index < -0.39 is 0 Å². The highest BCUT2D eigenvalue weighted by Crippen LogP contribution is 2.27. The van der Waals surface area contributed by atoms with Crippen LogP contribution in [0.5, 0.6) is 0 Å². The summed E-state index contributed by atoms with van der Waals surface area (Å²) in [6.07, 6.45) is 2.03. The Kier molecular flexibility index (Phi) is 2.07. The fourth-order valence-corrected chi connectivity index (χ4v) is 1.98. The first kappa shape index (κ1) is 8.33. The molecule has 0 bridgehead atoms. The Balaban J connectivity index is 2.27. The van der Waals surface area contributed by atoms with Crippen molar-refractivity contribution in [3.63, 3.8) is 0 Å². The Labute approximate surface area is 78.0 Å². The van der Waals surface area contributed by atoms with E-state index in [0.717, 1.165) is 13.1 Å². The van der Waals surface area contributed by atoms with Gasteiger partial charge in [-0.05, 0) is 12.1 Å². The molecule has 0 aromatic carbocycles. The summed E-state index contributed by atoms with van der Waals surface area (Å²) in [4.78, 5) is 0. The molecule has 2 heterocycles. The molecule has 2 atom stereocenters. The molecule has 1 aliphatic heterocycles. The summed E-state index contributed by atoms with van der Waals surface area (Å²) in [6, 6.07) is 6.48. The average Bonchev–Trinajstić information content (AvgIpc) is 2.71. The molecule has 0 unspecified atom stereocenters. The Bertz CT molecular complexity index is 334. The van der Waals surface area contributed by atoms with Crippen molar-refractivity contribution in [3.8, 4) is 6.07 Å². The minimum absolute atomic E-state index is 0.133. The predicted molar refractivity (Wildman–Crippen MR) is 50.1 cm³/mol. The van der Waals surface area contributed by atoms with Gasteiger partial charge in [0.05, 0.1) is 12.0 Å². The van der Waals surface area contributed by atoms with E-state index in [0.29, 0.717) is 5.92 Å². The second-order valence-corrected chi connectivity index (χ2v) is 3.54. The first-order chi connectivity index (χ1) is 6.33. The van der Waals surface area contributed by atoms with Gasteiger partial charge in [0.15, 0.2) is 0 Å². The van der Waals surface area contributed by atoms with Crippen LogP contribution in [-0.2, 0) is 7.05 Å². The van der Waals surface area contributed by atoms with Crippen molar-refractivity contribution in [2.75, 3.05) is 13.1 Å². The molecular formula is C10H13N3. The molecule has 0 amide bonds. The lowest BCUT2D eigenvalue weighted by Crippen LogP contribution is -2.12. The van der Waals surface area contributed by atoms with Crippen molar-refractivity contribution in [3.05, 3.63) is 24.0 Å². The van der Waals surface area contributed by atoms with Crippen molar-refractivity contribution < 1.29 is 0 Å². The van der Waals surface area contributed by atoms with Gasteiger partial charge in [0.25, 0.3) is 0 Å². The molecule has 0 radical (unpaired) electrons. The van der Waals surface area contributed by atoms with Crippen molar-refractivity contribution in [1.82, 2.24) is 9.88 Å². The molecule has 0 aliphatic carbocycles. The van der Waals surface area contributed by atoms with E-state index in [1.165, 1.54) is 5.69 Å². The van der Waals surface area contributed by atoms with Gasteiger partial charge < -0.3 is 9.88 Å². The van der Waals surface area contributed by atoms with Crippen molar-refractivity contribution >= 4 is 0 Å². The quantitative estimate of drug-likeness (QED) is 0.687. The van der Waals surface area contributed by atoms with E-state index >= 15 is 0 Å². The summed E-state index contributed by atoms with van der Waals surface area (Å²) in [7, 11) is 2.03. The third-order valence-electron chi connectivity index (χ3n) is 2.74. The second kappa shape index (κ2) is 3.23. The van der Waals surface area contributed by atoms with E-state index in [1.54, 1.807) is 0 Å². The zero-order chi connectivity index (χ0) is 9.26. The highest BCUT2D eigenvalue weighted by atomic mass is 15.0. The lowest BCUT2D eigenvalue weighted by Gasteiger charge is -2.13. The van der Waals surface area contributed by atoms with Gasteiger partial charge in [-0.1, -0.05) is 0 Å². The lowest BCUT2D eigenvalue weighted by molar-refractivity contribution is 0.603. The van der Waals surface area contributed by atoms with Gasteiger partial charge in [-0.25, -0.2) is 0 Å². The van der Waals surface area contributed by atoms with Crippen LogP contribution in [-0.4, -0.2) is 17.7 Å². The van der Waals surface area contributed by atoms with E-state index in [4.69, 9.17) is 5.26 Å². The number of hydrogen-bond donors (Lipinski definition) is 1. The maximum absolute atomic E-state index is 8.93. The number of rotatable bonds is 1. The van der Waals surface area contributed by atoms with E-state index in [1.807, 2.05) is 19.3 Å². The largest absolute Gasteiger partial charge is 0.354 e. The van der Waals surface area contributed by atoms with Gasteiger partial charge in [0.2, 0.25) is 0 Å². The average molecular weight is 175 g/mol. The summed E-state index contributed by atoms with van der Waals surface area (Å²) in [5, 5.41) is 12.2. The molecule has 0 spiro atoms. The van der Waals surface area contributed by atoms with Gasteiger partial charge in [0, 0.05) is 37.9 Å². The second-order valence-electron chi connectivity index (χ2n) is 3.54. The Morgan fingerprint density at radius 1 is 1.62 bits per heavy atom. The summed E-state index contributed by atoms with van der Waals surface area (Å²) in [6.45, 7) is 1.75. The molecule has 1 aliphatic rings. The maximum atomic E-state index is 8.93. The topological polar surface area (TPSA) is 40.8 Å². The minimum atomic E-state index is 0.133. The fraction of sp³-hybridized carbons (Fsp3) is 0.500. The Morgan fingerprint density at radius 3 is 3.08 bits per heavy atom. The summed E-state index contributed by atoms with van der Waals surface area (Å²) in [5.41, 5.74) is 1.26. The van der Waals surface area contributed by atoms with Gasteiger partial charge in [-0.3, -0.25) is 0 Å². The third kappa shape index (κ3) is 1.34. The maximum Gasteiger partial charge on any atom is 0.0683 e. The smallest absolute Gasteiger partial charge is 0.0683 e. The molecule has 68 valence electrons. The van der Waals surface area contributed by atoms with Crippen LogP contribution < -0.4 is 5.32 Å². The number of nitriles is 1. The van der Waals surface area contributed by atoms with Crippen LogP contribution in [0, 0.1) is 17.2 Å². The van der Waals surface area contributed by atoms with Gasteiger partial charge >= 0.3 is 0 Å². The summed E-state index contributed by atoms with van der Waals surface area (Å²) >= 11 is 0. The summed E-state index contributed by atoms with van der Waals surface area (Å²) in [5.74, 6) is 0.499. The zero-order valence-electron chi connectivity index (χ0n) is 7.70. The standard InChI is InChI=1S/C10H13N3/c1-13-4-2-3-10(13)9-7-12-6-8(9)5-11/h2-4,8-9,12H,6-7H2,1H3/t8-,9+/m0/s1. The highest BCUT2D eigenvalue weighted by molar-refractivity contribution is 5.19. The normalized spacial score (nSPS) is 27.4. The van der Waals surface area contributed by atoms with Crippen LogP contribution in [0.2, 0.25) is 0 Å². The van der Waals surface area contributed by atoms with Gasteiger partial charge in [-0.2, -0.15) is 5.26 Å². The van der Waals surface area contributed by atoms with Crippen LogP contribution in [0.25, 0.3) is 0 Å². The van der Waals surface area contributed by atoms with Crippen LogP contribution in [0.1, 0.15) is 11.6 Å². The third-order valence-corrected chi connectivity index (χ3v) is 2.74. The van der Waals surface area contributed by atoms with E-state index in [9.17, 15) is 0 Å². The van der Waals surface area contributed by atoms with Crippen LogP contribution in [0.15, 0.2) is 18.3 Å². The minimum Gasteiger partial charge on any atom is -0.354 e. The molecule has 1 N–H and O–H groups in total. The number of hydrogen-bond acceptors (Lipinski definition) is 2. The van der Waals surface area contributed by atoms with Crippen molar-refractivity contribution in [1.29, 1.82) is 5.26 Å². The predicted octanol–water partition coefficient (Wildman–Crippen LogP) is 0.852. The first-order valence-corrected chi connectivity index (χ1v) is 4.54. The number of aryl methyl sites for hydroxylation is 1. The fourth-order valence-electron chi connectivity index (χ4n) is 1.98. The molecule has 3 nitrogen and oxygen atoms in total. The van der Waals surface area contributed by atoms with Crippen molar-refractivity contribution in [2.45, 2.75) is 5.92 Å². The molecule has 1 fully saturated rings. The van der Waals surface area contributed by atoms with Crippen molar-refractivity contribution in [2.24, 2.45) is 13.0 Å². The van der Waals surface area contributed by atoms with E-state index in [2.05, 4.69) is 22.0 Å². The van der Waals surface area contributed by atoms with Gasteiger partial charge in [0.1, 0.15) is 0 Å². The Hall–Kier alpha value is -1.27. The number of nitrogens with one attached hydrogen (secondary N) is 1. The lowest BCUT2D eigenvalue weighted by atomic mass is 9.94. The molecular weight excluding hydrogens is 162 g/mol. The molecule has 13 heavy (non-hydrogen) atoms. The molecule has 0 saturated carbocycles. The molecule has 1 aromatic rings. The van der Waals surface area contributed by atoms with Crippen LogP contribution in [0.3, 0.4) is 0 Å². The Morgan fingerprint density at radius 2 is 2.46 bits per heavy atom. The highest BCUT2D eigenvalue weighted by Gasteiger charge is 2.29. The molecule has 2 rings (SSSR count). The summed E-state index contributed by atoms with van der Waals surface area (Å²) < 4.78 is 2.10. The number of nitrogens with zero attached hydrogens (tertiary/aromatic N) is 2. The molecule has 1 aromatic heterocycles. The monoisotopic (exact) mass is 175 g/mol. The van der Waals surface area contributed by atoms with Gasteiger partial charge in [-0.15, -0.1) is 0 Å². The SMILES string of the molecule is Cn1cccc1[C@@H]1CNC[C@@H]1C#N. The van der Waals surface area contributed by atoms with E-state index in [-0.39, 0.29) is 5.92 Å². The molecule has 1 saturated heterocycles. The first-order valence-electron chi connectivity index (χ1n) is 4.54. The van der Waals surface area contributed by atoms with Crippen LogP contribution >= 0.6 is 0 Å². The van der Waals surface area contributed by atoms with Crippen LogP contribution in [0.4, 0.5) is 0 Å². The molecule has 3 heteroatoms. The number of aromatic nitrogens is 1. The zero-order valence-corrected chi connectivity index (χ0v) is 7.70.